The minimum Gasteiger partial charge on any atom is -0.388 e. The van der Waals surface area contributed by atoms with Crippen molar-refractivity contribution in [3.05, 3.63) is 29.8 Å². The summed E-state index contributed by atoms with van der Waals surface area (Å²) in [6.45, 7) is 9.16. The summed E-state index contributed by atoms with van der Waals surface area (Å²) < 4.78 is 0. The highest BCUT2D eigenvalue weighted by molar-refractivity contribution is 5.57. The Morgan fingerprint density at radius 2 is 1.95 bits per heavy atom. The molecule has 2 N–H and O–H groups in total. The number of aliphatic hydroxyl groups is 1. The van der Waals surface area contributed by atoms with Crippen LogP contribution in [0.5, 0.6) is 0 Å². The van der Waals surface area contributed by atoms with Gasteiger partial charge in [0.2, 0.25) is 0 Å². The first-order valence-corrected chi connectivity index (χ1v) is 8.43. The molecule has 21 heavy (non-hydrogen) atoms. The van der Waals surface area contributed by atoms with Crippen LogP contribution in [0.2, 0.25) is 0 Å². The minimum absolute atomic E-state index is 0.453. The second-order valence-corrected chi connectivity index (χ2v) is 6.21. The average molecular weight is 290 g/mol. The van der Waals surface area contributed by atoms with E-state index in [4.69, 9.17) is 0 Å². The molecule has 1 heterocycles. The summed E-state index contributed by atoms with van der Waals surface area (Å²) in [5.41, 5.74) is 2.10. The molecule has 0 amide bonds. The molecule has 1 aliphatic heterocycles. The van der Waals surface area contributed by atoms with E-state index in [9.17, 15) is 5.11 Å². The standard InChI is InChI=1S/C18H30N2O/c1-4-12-19-16-11-13-20(14-18(21,5-2)6-3)17-10-8-7-9-15(16)17/h7-10,16,19,21H,4-6,11-14H2,1-3H3. The zero-order valence-corrected chi connectivity index (χ0v) is 13.7. The monoisotopic (exact) mass is 290 g/mol. The third-order valence-corrected chi connectivity index (χ3v) is 4.78. The Morgan fingerprint density at radius 1 is 1.24 bits per heavy atom. The Bertz CT molecular complexity index is 443. The van der Waals surface area contributed by atoms with Gasteiger partial charge in [-0.3, -0.25) is 0 Å². The van der Waals surface area contributed by atoms with E-state index in [0.29, 0.717) is 6.04 Å². The molecule has 0 fully saturated rings. The lowest BCUT2D eigenvalue weighted by Gasteiger charge is -2.40. The van der Waals surface area contributed by atoms with Crippen molar-refractivity contribution in [2.24, 2.45) is 0 Å². The van der Waals surface area contributed by atoms with Crippen molar-refractivity contribution in [1.82, 2.24) is 5.32 Å². The zero-order valence-electron chi connectivity index (χ0n) is 13.7. The third kappa shape index (κ3) is 3.78. The number of fused-ring (bicyclic) bond motifs is 1. The van der Waals surface area contributed by atoms with E-state index < -0.39 is 5.60 Å². The molecule has 0 bridgehead atoms. The highest BCUT2D eigenvalue weighted by Gasteiger charge is 2.30. The first-order chi connectivity index (χ1) is 10.1. The van der Waals surface area contributed by atoms with E-state index in [1.165, 1.54) is 11.3 Å². The molecule has 3 heteroatoms. The van der Waals surface area contributed by atoms with Gasteiger partial charge < -0.3 is 15.3 Å². The lowest BCUT2D eigenvalue weighted by Crippen LogP contribution is -2.46. The average Bonchev–Trinajstić information content (AvgIpc) is 2.54. The Labute approximate surface area is 129 Å². The number of nitrogens with one attached hydrogen (secondary N) is 1. The molecule has 1 aromatic carbocycles. The van der Waals surface area contributed by atoms with Gasteiger partial charge in [0.05, 0.1) is 5.60 Å². The largest absolute Gasteiger partial charge is 0.388 e. The van der Waals surface area contributed by atoms with Gasteiger partial charge in [-0.15, -0.1) is 0 Å². The fourth-order valence-electron chi connectivity index (χ4n) is 3.15. The van der Waals surface area contributed by atoms with Crippen LogP contribution in [0.1, 0.15) is 58.1 Å². The second-order valence-electron chi connectivity index (χ2n) is 6.21. The van der Waals surface area contributed by atoms with E-state index in [1.54, 1.807) is 0 Å². The molecule has 3 nitrogen and oxygen atoms in total. The molecule has 0 saturated carbocycles. The molecule has 0 saturated heterocycles. The van der Waals surface area contributed by atoms with Crippen LogP contribution in [-0.4, -0.2) is 30.3 Å². The zero-order chi connectivity index (χ0) is 15.3. The Balaban J connectivity index is 2.19. The molecule has 2 rings (SSSR count). The smallest absolute Gasteiger partial charge is 0.0816 e. The minimum atomic E-state index is -0.573. The van der Waals surface area contributed by atoms with Crippen molar-refractivity contribution in [3.8, 4) is 0 Å². The van der Waals surface area contributed by atoms with Gasteiger partial charge in [0.1, 0.15) is 0 Å². The molecule has 0 aromatic heterocycles. The van der Waals surface area contributed by atoms with Crippen LogP contribution < -0.4 is 10.2 Å². The highest BCUT2D eigenvalue weighted by Crippen LogP contribution is 2.35. The molecule has 118 valence electrons. The van der Waals surface area contributed by atoms with Crippen molar-refractivity contribution in [2.75, 3.05) is 24.5 Å². The van der Waals surface area contributed by atoms with Crippen molar-refractivity contribution in [2.45, 2.75) is 58.1 Å². The molecule has 1 aromatic rings. The summed E-state index contributed by atoms with van der Waals surface area (Å²) in [6.07, 6.45) is 3.88. The Hall–Kier alpha value is -1.06. The van der Waals surface area contributed by atoms with Crippen LogP contribution in [-0.2, 0) is 0 Å². The van der Waals surface area contributed by atoms with Crippen LogP contribution in [0.4, 0.5) is 5.69 Å². The fourth-order valence-corrected chi connectivity index (χ4v) is 3.15. The Kier molecular flexibility index (Phi) is 5.65. The number of hydrogen-bond donors (Lipinski definition) is 2. The van der Waals surface area contributed by atoms with Gasteiger partial charge >= 0.3 is 0 Å². The number of nitrogens with zero attached hydrogens (tertiary/aromatic N) is 1. The fraction of sp³-hybridized carbons (Fsp3) is 0.667. The van der Waals surface area contributed by atoms with Crippen molar-refractivity contribution in [1.29, 1.82) is 0 Å². The van der Waals surface area contributed by atoms with Crippen LogP contribution in [0, 0.1) is 0 Å². The molecule has 0 aliphatic carbocycles. The first-order valence-electron chi connectivity index (χ1n) is 8.43. The topological polar surface area (TPSA) is 35.5 Å². The van der Waals surface area contributed by atoms with Gasteiger partial charge in [0.15, 0.2) is 0 Å². The predicted molar refractivity (Wildman–Crippen MR) is 89.8 cm³/mol. The Morgan fingerprint density at radius 3 is 2.62 bits per heavy atom. The number of anilines is 1. The summed E-state index contributed by atoms with van der Waals surface area (Å²) in [5.74, 6) is 0. The van der Waals surface area contributed by atoms with Gasteiger partial charge in [-0.1, -0.05) is 39.0 Å². The quantitative estimate of drug-likeness (QED) is 0.807. The van der Waals surface area contributed by atoms with Crippen molar-refractivity contribution >= 4 is 5.69 Å². The number of rotatable bonds is 7. The van der Waals surface area contributed by atoms with E-state index in [0.717, 1.165) is 45.3 Å². The highest BCUT2D eigenvalue weighted by atomic mass is 16.3. The molecular formula is C18H30N2O. The van der Waals surface area contributed by atoms with Crippen LogP contribution in [0.3, 0.4) is 0 Å². The SMILES string of the molecule is CCCNC1CCN(CC(O)(CC)CC)c2ccccc21. The number of para-hydroxylation sites is 1. The van der Waals surface area contributed by atoms with Gasteiger partial charge in [0.25, 0.3) is 0 Å². The lowest BCUT2D eigenvalue weighted by atomic mass is 9.92. The molecule has 0 spiro atoms. The molecular weight excluding hydrogens is 260 g/mol. The van der Waals surface area contributed by atoms with E-state index in [1.807, 2.05) is 0 Å². The molecule has 1 atom stereocenters. The van der Waals surface area contributed by atoms with E-state index in [-0.39, 0.29) is 0 Å². The van der Waals surface area contributed by atoms with Crippen molar-refractivity contribution in [3.63, 3.8) is 0 Å². The summed E-state index contributed by atoms with van der Waals surface area (Å²) in [6, 6.07) is 9.10. The number of β-amino-alcohol motifs (C(OH)–C–C–N with tert-alkyl or cyclic N) is 1. The summed E-state index contributed by atoms with van der Waals surface area (Å²) in [5, 5.41) is 14.3. The maximum Gasteiger partial charge on any atom is 0.0816 e. The first kappa shape index (κ1) is 16.3. The van der Waals surface area contributed by atoms with E-state index in [2.05, 4.69) is 55.3 Å². The van der Waals surface area contributed by atoms with Crippen LogP contribution in [0.25, 0.3) is 0 Å². The molecule has 0 radical (unpaired) electrons. The van der Waals surface area contributed by atoms with Gasteiger partial charge in [-0.05, 0) is 43.9 Å². The van der Waals surface area contributed by atoms with Gasteiger partial charge in [-0.2, -0.15) is 0 Å². The van der Waals surface area contributed by atoms with Crippen LogP contribution in [0.15, 0.2) is 24.3 Å². The third-order valence-electron chi connectivity index (χ3n) is 4.78. The van der Waals surface area contributed by atoms with Crippen molar-refractivity contribution < 1.29 is 5.11 Å². The second kappa shape index (κ2) is 7.28. The number of hydrogen-bond acceptors (Lipinski definition) is 3. The van der Waals surface area contributed by atoms with Gasteiger partial charge in [-0.25, -0.2) is 0 Å². The van der Waals surface area contributed by atoms with Gasteiger partial charge in [0, 0.05) is 24.8 Å². The predicted octanol–water partition coefficient (Wildman–Crippen LogP) is 3.49. The normalized spacial score (nSPS) is 18.7. The summed E-state index contributed by atoms with van der Waals surface area (Å²) in [4.78, 5) is 2.37. The van der Waals surface area contributed by atoms with E-state index >= 15 is 0 Å². The summed E-state index contributed by atoms with van der Waals surface area (Å²) in [7, 11) is 0. The molecule has 1 aliphatic rings. The number of benzene rings is 1. The maximum atomic E-state index is 10.7. The molecule has 1 unspecified atom stereocenters. The summed E-state index contributed by atoms with van der Waals surface area (Å²) >= 11 is 0. The lowest BCUT2D eigenvalue weighted by molar-refractivity contribution is 0.0388. The van der Waals surface area contributed by atoms with Crippen LogP contribution >= 0.6 is 0 Å². The maximum absolute atomic E-state index is 10.7.